The molecule has 32 heavy (non-hydrogen) atoms. The number of carbonyl (C=O) groups excluding carboxylic acids is 1. The zero-order chi connectivity index (χ0) is 23.3. The molecule has 4 N–H and O–H groups in total. The molecule has 10 heteroatoms. The number of aromatic nitrogens is 3. The van der Waals surface area contributed by atoms with Crippen molar-refractivity contribution in [3.8, 4) is 11.3 Å². The topological polar surface area (TPSA) is 120 Å². The summed E-state index contributed by atoms with van der Waals surface area (Å²) in [5.74, 6) is -3.54. The Morgan fingerprint density at radius 3 is 2.66 bits per heavy atom. The number of hydrogen-bond donors (Lipinski definition) is 4. The molecule has 168 valence electrons. The standard InChI is InChI=1S/C22H23F2N5O3/c1-12(22(31)32)13(2)28-21(30)17-9-18(24)19(15-10-26-27-11-15)29-20(17)25-7-6-14-4-3-5-16(23)8-14/h3-5,8-13H,6-7H2,1-2H3,(H,25,29)(H,26,27)(H,28,30)(H,31,32)/t12-,13?/m1/s1. The number of nitrogens with zero attached hydrogens (tertiary/aromatic N) is 2. The minimum absolute atomic E-state index is 0.00416. The van der Waals surface area contributed by atoms with Gasteiger partial charge in [-0.3, -0.25) is 14.7 Å². The Kier molecular flexibility index (Phi) is 7.14. The SMILES string of the molecule is CC(NC(=O)c1cc(F)c(-c2cn[nH]c2)nc1NCCc1cccc(F)c1)[C@@H](C)C(=O)O. The van der Waals surface area contributed by atoms with Gasteiger partial charge in [0.1, 0.15) is 17.3 Å². The van der Waals surface area contributed by atoms with Crippen molar-refractivity contribution >= 4 is 17.7 Å². The largest absolute Gasteiger partial charge is 0.481 e. The lowest BCUT2D eigenvalue weighted by atomic mass is 10.0. The molecular weight excluding hydrogens is 420 g/mol. The summed E-state index contributed by atoms with van der Waals surface area (Å²) in [4.78, 5) is 28.3. The minimum atomic E-state index is -1.06. The van der Waals surface area contributed by atoms with Crippen LogP contribution < -0.4 is 10.6 Å². The summed E-state index contributed by atoms with van der Waals surface area (Å²) in [6.45, 7) is 3.32. The molecule has 1 aromatic carbocycles. The second kappa shape index (κ2) is 9.99. The summed E-state index contributed by atoms with van der Waals surface area (Å²) in [5, 5.41) is 21.1. The molecule has 3 rings (SSSR count). The summed E-state index contributed by atoms with van der Waals surface area (Å²) in [5.41, 5.74) is 1.06. The van der Waals surface area contributed by atoms with Crippen molar-refractivity contribution < 1.29 is 23.5 Å². The van der Waals surface area contributed by atoms with Gasteiger partial charge in [-0.05, 0) is 44.0 Å². The van der Waals surface area contributed by atoms with Gasteiger partial charge in [-0.2, -0.15) is 5.10 Å². The molecule has 1 amide bonds. The van der Waals surface area contributed by atoms with E-state index in [1.54, 1.807) is 19.1 Å². The van der Waals surface area contributed by atoms with E-state index in [4.69, 9.17) is 5.11 Å². The quantitative estimate of drug-likeness (QED) is 0.403. The lowest BCUT2D eigenvalue weighted by Crippen LogP contribution is -2.40. The molecule has 2 atom stereocenters. The number of rotatable bonds is 9. The van der Waals surface area contributed by atoms with Gasteiger partial charge >= 0.3 is 5.97 Å². The van der Waals surface area contributed by atoms with Gasteiger partial charge in [0.25, 0.3) is 5.91 Å². The van der Waals surface area contributed by atoms with Crippen molar-refractivity contribution in [2.45, 2.75) is 26.3 Å². The zero-order valence-corrected chi connectivity index (χ0v) is 17.5. The predicted octanol–water partition coefficient (Wildman–Crippen LogP) is 3.24. The van der Waals surface area contributed by atoms with Crippen LogP contribution in [0.4, 0.5) is 14.6 Å². The molecule has 0 radical (unpaired) electrons. The summed E-state index contributed by atoms with van der Waals surface area (Å²) < 4.78 is 28.2. The Hall–Kier alpha value is -3.82. The Labute approximate surface area is 183 Å². The number of anilines is 1. The van der Waals surface area contributed by atoms with E-state index >= 15 is 0 Å². The number of carboxylic acid groups (broad SMARTS) is 1. The van der Waals surface area contributed by atoms with Crippen LogP contribution in [0.2, 0.25) is 0 Å². The fourth-order valence-corrected chi connectivity index (χ4v) is 3.02. The lowest BCUT2D eigenvalue weighted by Gasteiger charge is -2.19. The summed E-state index contributed by atoms with van der Waals surface area (Å²) >= 11 is 0. The van der Waals surface area contributed by atoms with Crippen LogP contribution in [0.3, 0.4) is 0 Å². The number of halogens is 2. The van der Waals surface area contributed by atoms with Crippen molar-refractivity contribution in [1.29, 1.82) is 0 Å². The maximum atomic E-state index is 14.8. The van der Waals surface area contributed by atoms with Crippen molar-refractivity contribution in [3.05, 3.63) is 65.5 Å². The van der Waals surface area contributed by atoms with Crippen molar-refractivity contribution in [1.82, 2.24) is 20.5 Å². The van der Waals surface area contributed by atoms with Gasteiger partial charge in [-0.15, -0.1) is 0 Å². The number of amides is 1. The smallest absolute Gasteiger partial charge is 0.308 e. The highest BCUT2D eigenvalue weighted by Crippen LogP contribution is 2.25. The molecule has 0 bridgehead atoms. The van der Waals surface area contributed by atoms with Crippen LogP contribution in [0.15, 0.2) is 42.7 Å². The molecule has 3 aromatic rings. The zero-order valence-electron chi connectivity index (χ0n) is 17.5. The summed E-state index contributed by atoms with van der Waals surface area (Å²) in [7, 11) is 0. The van der Waals surface area contributed by atoms with E-state index < -0.39 is 29.7 Å². The molecular formula is C22H23F2N5O3. The van der Waals surface area contributed by atoms with E-state index in [1.807, 2.05) is 0 Å². The molecule has 0 aliphatic rings. The number of carbonyl (C=O) groups is 2. The second-order valence-corrected chi connectivity index (χ2v) is 7.40. The van der Waals surface area contributed by atoms with Crippen LogP contribution in [-0.4, -0.2) is 44.8 Å². The second-order valence-electron chi connectivity index (χ2n) is 7.40. The molecule has 0 saturated carbocycles. The van der Waals surface area contributed by atoms with Gasteiger partial charge in [0.2, 0.25) is 0 Å². The van der Waals surface area contributed by atoms with Gasteiger partial charge < -0.3 is 15.7 Å². The van der Waals surface area contributed by atoms with Crippen LogP contribution in [0.1, 0.15) is 29.8 Å². The molecule has 1 unspecified atom stereocenters. The maximum absolute atomic E-state index is 14.8. The molecule has 2 aromatic heterocycles. The van der Waals surface area contributed by atoms with Crippen LogP contribution in [0.25, 0.3) is 11.3 Å². The number of benzene rings is 1. The minimum Gasteiger partial charge on any atom is -0.481 e. The molecule has 0 spiro atoms. The summed E-state index contributed by atoms with van der Waals surface area (Å²) in [6.07, 6.45) is 3.31. The fraction of sp³-hybridized carbons (Fsp3) is 0.273. The van der Waals surface area contributed by atoms with Gasteiger partial charge in [-0.25, -0.2) is 13.8 Å². The van der Waals surface area contributed by atoms with Crippen LogP contribution >= 0.6 is 0 Å². The third-order valence-corrected chi connectivity index (χ3v) is 5.09. The molecule has 0 saturated heterocycles. The highest BCUT2D eigenvalue weighted by Gasteiger charge is 2.24. The average molecular weight is 443 g/mol. The Balaban J connectivity index is 1.86. The molecule has 0 aliphatic heterocycles. The Bertz CT molecular complexity index is 1100. The van der Waals surface area contributed by atoms with Crippen molar-refractivity contribution in [3.63, 3.8) is 0 Å². The highest BCUT2D eigenvalue weighted by atomic mass is 19.1. The van der Waals surface area contributed by atoms with Crippen LogP contribution in [-0.2, 0) is 11.2 Å². The molecule has 0 fully saturated rings. The van der Waals surface area contributed by atoms with Gasteiger partial charge in [0.15, 0.2) is 5.82 Å². The Morgan fingerprint density at radius 2 is 2.00 bits per heavy atom. The first-order valence-electron chi connectivity index (χ1n) is 9.98. The number of pyridine rings is 1. The fourth-order valence-electron chi connectivity index (χ4n) is 3.02. The van der Waals surface area contributed by atoms with Crippen LogP contribution in [0.5, 0.6) is 0 Å². The van der Waals surface area contributed by atoms with Crippen molar-refractivity contribution in [2.75, 3.05) is 11.9 Å². The van der Waals surface area contributed by atoms with Gasteiger partial charge in [0, 0.05) is 24.3 Å². The normalized spacial score (nSPS) is 12.8. The first kappa shape index (κ1) is 22.9. The van der Waals surface area contributed by atoms with Crippen molar-refractivity contribution in [2.24, 2.45) is 5.92 Å². The first-order chi connectivity index (χ1) is 15.3. The number of nitrogens with one attached hydrogen (secondary N) is 3. The van der Waals surface area contributed by atoms with Crippen LogP contribution in [0, 0.1) is 17.6 Å². The first-order valence-corrected chi connectivity index (χ1v) is 9.98. The third kappa shape index (κ3) is 5.45. The number of carboxylic acids is 1. The lowest BCUT2D eigenvalue weighted by molar-refractivity contribution is -0.141. The van der Waals surface area contributed by atoms with Gasteiger partial charge in [0.05, 0.1) is 17.7 Å². The number of aromatic amines is 1. The monoisotopic (exact) mass is 443 g/mol. The average Bonchev–Trinajstić information content (AvgIpc) is 3.28. The molecule has 2 heterocycles. The van der Waals surface area contributed by atoms with E-state index in [0.29, 0.717) is 18.5 Å². The van der Waals surface area contributed by atoms with Gasteiger partial charge in [-0.1, -0.05) is 12.1 Å². The number of aliphatic carboxylic acids is 1. The number of H-pyrrole nitrogens is 1. The van der Waals surface area contributed by atoms with E-state index in [0.717, 1.165) is 11.6 Å². The highest BCUT2D eigenvalue weighted by molar-refractivity contribution is 5.99. The van der Waals surface area contributed by atoms with E-state index in [9.17, 15) is 18.4 Å². The number of hydrogen-bond acceptors (Lipinski definition) is 5. The Morgan fingerprint density at radius 1 is 1.22 bits per heavy atom. The van der Waals surface area contributed by atoms with E-state index in [2.05, 4.69) is 25.8 Å². The maximum Gasteiger partial charge on any atom is 0.308 e. The van der Waals surface area contributed by atoms with E-state index in [1.165, 1.54) is 31.5 Å². The predicted molar refractivity (Wildman–Crippen MR) is 114 cm³/mol. The third-order valence-electron chi connectivity index (χ3n) is 5.09. The molecule has 0 aliphatic carbocycles. The van der Waals surface area contributed by atoms with E-state index in [-0.39, 0.29) is 22.9 Å². The summed E-state index contributed by atoms with van der Waals surface area (Å²) in [6, 6.07) is 6.46. The molecule has 8 nitrogen and oxygen atoms in total.